The first-order valence-corrected chi connectivity index (χ1v) is 9.06. The molecule has 1 aliphatic carbocycles. The van der Waals surface area contributed by atoms with Crippen LogP contribution in [-0.2, 0) is 0 Å². The van der Waals surface area contributed by atoms with Crippen LogP contribution in [-0.4, -0.2) is 16.0 Å². The lowest BCUT2D eigenvalue weighted by molar-refractivity contribution is 0.379. The molecule has 0 spiro atoms. The number of hydrogen-bond acceptors (Lipinski definition) is 2. The van der Waals surface area contributed by atoms with E-state index in [9.17, 15) is 0 Å². The van der Waals surface area contributed by atoms with Crippen LogP contribution in [0.5, 0.6) is 0 Å². The fourth-order valence-electron chi connectivity index (χ4n) is 4.19. The molecule has 1 aromatic heterocycles. The lowest BCUT2D eigenvalue weighted by atomic mass is 10.00. The second-order valence-electron chi connectivity index (χ2n) is 6.80. The first kappa shape index (κ1) is 13.8. The molecule has 1 aliphatic heterocycles. The van der Waals surface area contributed by atoms with Crippen molar-refractivity contribution in [3.05, 3.63) is 52.9 Å². The standard InChI is InChI=1S/C19H18BrN3/c20-15-5-3-11-7-13(2-1-12(11)8-15)17-10-21-19(23-17)18-14-4-6-16(9-14)22-18/h1-3,5,7-8,10,14,16,18,22H,4,6,9H2,(H,21,23). The van der Waals surface area contributed by atoms with Crippen LogP contribution in [0.4, 0.5) is 0 Å². The van der Waals surface area contributed by atoms with Crippen LogP contribution in [0.3, 0.4) is 0 Å². The Labute approximate surface area is 143 Å². The lowest BCUT2D eigenvalue weighted by Crippen LogP contribution is -2.29. The summed E-state index contributed by atoms with van der Waals surface area (Å²) >= 11 is 3.53. The lowest BCUT2D eigenvalue weighted by Gasteiger charge is -2.20. The highest BCUT2D eigenvalue weighted by Crippen LogP contribution is 2.42. The molecule has 116 valence electrons. The van der Waals surface area contributed by atoms with Gasteiger partial charge < -0.3 is 10.3 Å². The number of nitrogens with one attached hydrogen (secondary N) is 2. The predicted molar refractivity (Wildman–Crippen MR) is 96.2 cm³/mol. The van der Waals surface area contributed by atoms with Crippen LogP contribution in [0.15, 0.2) is 47.1 Å². The number of H-pyrrole nitrogens is 1. The van der Waals surface area contributed by atoms with E-state index in [1.54, 1.807) is 0 Å². The van der Waals surface area contributed by atoms with E-state index in [1.165, 1.54) is 35.6 Å². The van der Waals surface area contributed by atoms with Crippen molar-refractivity contribution in [1.29, 1.82) is 0 Å². The number of rotatable bonds is 2. The molecule has 0 radical (unpaired) electrons. The Balaban J connectivity index is 1.49. The zero-order valence-corrected chi connectivity index (χ0v) is 14.3. The second-order valence-corrected chi connectivity index (χ2v) is 7.72. The molecule has 4 heteroatoms. The van der Waals surface area contributed by atoms with E-state index in [4.69, 9.17) is 0 Å². The van der Waals surface area contributed by atoms with E-state index in [1.807, 2.05) is 6.20 Å². The third-order valence-corrected chi connectivity index (χ3v) is 5.86. The Kier molecular flexibility index (Phi) is 3.10. The minimum atomic E-state index is 0.416. The molecule has 5 rings (SSSR count). The summed E-state index contributed by atoms with van der Waals surface area (Å²) in [6, 6.07) is 14.1. The Bertz CT molecular complexity index is 885. The van der Waals surface area contributed by atoms with E-state index >= 15 is 0 Å². The fraction of sp³-hybridized carbons (Fsp3) is 0.316. The predicted octanol–water partition coefficient (Wildman–Crippen LogP) is 4.81. The molecular weight excluding hydrogens is 350 g/mol. The van der Waals surface area contributed by atoms with Crippen LogP contribution in [0.1, 0.15) is 31.1 Å². The molecule has 1 saturated heterocycles. The number of halogens is 1. The Morgan fingerprint density at radius 3 is 2.74 bits per heavy atom. The van der Waals surface area contributed by atoms with E-state index in [-0.39, 0.29) is 0 Å². The Hall–Kier alpha value is -1.65. The van der Waals surface area contributed by atoms with Gasteiger partial charge in [-0.2, -0.15) is 0 Å². The van der Waals surface area contributed by atoms with Gasteiger partial charge in [-0.1, -0.05) is 34.1 Å². The molecule has 3 unspecified atom stereocenters. The highest BCUT2D eigenvalue weighted by atomic mass is 79.9. The zero-order valence-electron chi connectivity index (χ0n) is 12.7. The van der Waals surface area contributed by atoms with Crippen LogP contribution >= 0.6 is 15.9 Å². The average Bonchev–Trinajstić information content (AvgIpc) is 3.30. The topological polar surface area (TPSA) is 40.7 Å². The van der Waals surface area contributed by atoms with Gasteiger partial charge in [0.1, 0.15) is 5.82 Å². The van der Waals surface area contributed by atoms with Crippen molar-refractivity contribution in [2.45, 2.75) is 31.3 Å². The quantitative estimate of drug-likeness (QED) is 0.682. The SMILES string of the molecule is Brc1ccc2cc(-c3cnc(C4NC5CCC4C5)[nH]3)ccc2c1. The highest BCUT2D eigenvalue weighted by molar-refractivity contribution is 9.10. The molecule has 2 N–H and O–H groups in total. The molecule has 2 aromatic carbocycles. The van der Waals surface area contributed by atoms with Gasteiger partial charge in [-0.25, -0.2) is 4.98 Å². The summed E-state index contributed by atoms with van der Waals surface area (Å²) in [5, 5.41) is 6.21. The maximum absolute atomic E-state index is 4.66. The number of piperidine rings is 1. The summed E-state index contributed by atoms with van der Waals surface area (Å²) < 4.78 is 1.11. The molecule has 3 aromatic rings. The third kappa shape index (κ3) is 2.32. The van der Waals surface area contributed by atoms with E-state index in [0.29, 0.717) is 12.1 Å². The van der Waals surface area contributed by atoms with E-state index in [2.05, 4.69) is 67.6 Å². The van der Waals surface area contributed by atoms with Crippen LogP contribution < -0.4 is 5.32 Å². The van der Waals surface area contributed by atoms with Gasteiger partial charge in [-0.05, 0) is 54.2 Å². The number of imidazole rings is 1. The Morgan fingerprint density at radius 1 is 1.04 bits per heavy atom. The Morgan fingerprint density at radius 2 is 1.91 bits per heavy atom. The largest absolute Gasteiger partial charge is 0.341 e. The van der Waals surface area contributed by atoms with Crippen molar-refractivity contribution < 1.29 is 0 Å². The third-order valence-electron chi connectivity index (χ3n) is 5.36. The van der Waals surface area contributed by atoms with Gasteiger partial charge in [0.05, 0.1) is 17.9 Å². The first-order chi connectivity index (χ1) is 11.3. The first-order valence-electron chi connectivity index (χ1n) is 8.27. The number of benzene rings is 2. The van der Waals surface area contributed by atoms with Crippen LogP contribution in [0.2, 0.25) is 0 Å². The average molecular weight is 368 g/mol. The van der Waals surface area contributed by atoms with Crippen molar-refractivity contribution >= 4 is 26.7 Å². The van der Waals surface area contributed by atoms with E-state index in [0.717, 1.165) is 21.9 Å². The van der Waals surface area contributed by atoms with Gasteiger partial charge in [0.2, 0.25) is 0 Å². The van der Waals surface area contributed by atoms with Crippen molar-refractivity contribution in [2.24, 2.45) is 5.92 Å². The van der Waals surface area contributed by atoms with Crippen molar-refractivity contribution in [3.63, 3.8) is 0 Å². The zero-order chi connectivity index (χ0) is 15.4. The molecule has 2 heterocycles. The summed E-state index contributed by atoms with van der Waals surface area (Å²) in [6.07, 6.45) is 5.95. The van der Waals surface area contributed by atoms with Gasteiger partial charge in [0.15, 0.2) is 0 Å². The van der Waals surface area contributed by atoms with Gasteiger partial charge in [-0.3, -0.25) is 0 Å². The van der Waals surface area contributed by atoms with Crippen molar-refractivity contribution in [3.8, 4) is 11.3 Å². The van der Waals surface area contributed by atoms with Gasteiger partial charge >= 0.3 is 0 Å². The van der Waals surface area contributed by atoms with Crippen LogP contribution in [0.25, 0.3) is 22.0 Å². The maximum atomic E-state index is 4.66. The van der Waals surface area contributed by atoms with Gasteiger partial charge in [0, 0.05) is 16.1 Å². The van der Waals surface area contributed by atoms with Crippen molar-refractivity contribution in [2.75, 3.05) is 0 Å². The summed E-state index contributed by atoms with van der Waals surface area (Å²) in [5.74, 6) is 1.86. The highest BCUT2D eigenvalue weighted by Gasteiger charge is 2.41. The maximum Gasteiger partial charge on any atom is 0.124 e. The van der Waals surface area contributed by atoms with Gasteiger partial charge in [-0.15, -0.1) is 0 Å². The number of nitrogens with zero attached hydrogens (tertiary/aromatic N) is 1. The number of fused-ring (bicyclic) bond motifs is 3. The summed E-state index contributed by atoms with van der Waals surface area (Å²) in [5.41, 5.74) is 2.30. The smallest absolute Gasteiger partial charge is 0.124 e. The fourth-order valence-corrected chi connectivity index (χ4v) is 4.57. The summed E-state index contributed by atoms with van der Waals surface area (Å²) in [6.45, 7) is 0. The van der Waals surface area contributed by atoms with E-state index < -0.39 is 0 Å². The molecule has 1 saturated carbocycles. The van der Waals surface area contributed by atoms with Crippen LogP contribution in [0, 0.1) is 5.92 Å². The molecule has 2 aliphatic rings. The molecule has 3 nitrogen and oxygen atoms in total. The van der Waals surface area contributed by atoms with Crippen molar-refractivity contribution in [1.82, 2.24) is 15.3 Å². The molecule has 2 fully saturated rings. The molecule has 0 amide bonds. The summed E-state index contributed by atoms with van der Waals surface area (Å²) in [4.78, 5) is 8.21. The number of hydrogen-bond donors (Lipinski definition) is 2. The monoisotopic (exact) mass is 367 g/mol. The molecule has 3 atom stereocenters. The molecule has 2 bridgehead atoms. The summed E-state index contributed by atoms with van der Waals surface area (Å²) in [7, 11) is 0. The van der Waals surface area contributed by atoms with Gasteiger partial charge in [0.25, 0.3) is 0 Å². The normalized spacial score (nSPS) is 26.2. The minimum Gasteiger partial charge on any atom is -0.341 e. The minimum absolute atomic E-state index is 0.416. The number of aromatic amines is 1. The number of aromatic nitrogens is 2. The molecular formula is C19H18BrN3. The second kappa shape index (κ2) is 5.18. The molecule has 23 heavy (non-hydrogen) atoms.